The lowest BCUT2D eigenvalue weighted by atomic mass is 9.87. The second-order valence-corrected chi connectivity index (χ2v) is 6.45. The topological polar surface area (TPSA) is 32.3 Å². The van der Waals surface area contributed by atoms with Gasteiger partial charge in [-0.05, 0) is 60.4 Å². The Morgan fingerprint density at radius 1 is 1.40 bits per heavy atom. The largest absolute Gasteiger partial charge is 0.508 e. The smallest absolute Gasteiger partial charge is 0.115 e. The maximum Gasteiger partial charge on any atom is 0.115 e. The highest BCUT2D eigenvalue weighted by Gasteiger charge is 2.23. The molecule has 106 valence electrons. The number of fused-ring (bicyclic) bond motifs is 1. The van der Waals surface area contributed by atoms with E-state index in [1.165, 1.54) is 22.4 Å². The van der Waals surface area contributed by atoms with Crippen molar-refractivity contribution in [3.63, 3.8) is 0 Å². The van der Waals surface area contributed by atoms with Gasteiger partial charge in [-0.1, -0.05) is 19.1 Å². The van der Waals surface area contributed by atoms with Gasteiger partial charge in [0.05, 0.1) is 0 Å². The average molecular weight is 287 g/mol. The van der Waals surface area contributed by atoms with E-state index in [0.29, 0.717) is 17.8 Å². The molecule has 0 radical (unpaired) electrons. The Morgan fingerprint density at radius 3 is 3.05 bits per heavy atom. The minimum absolute atomic E-state index is 0.359. The molecule has 1 aliphatic carbocycles. The molecule has 0 saturated heterocycles. The second-order valence-electron chi connectivity index (χ2n) is 5.47. The summed E-state index contributed by atoms with van der Waals surface area (Å²) in [7, 11) is 0. The van der Waals surface area contributed by atoms with Gasteiger partial charge in [0.15, 0.2) is 0 Å². The summed E-state index contributed by atoms with van der Waals surface area (Å²) < 4.78 is 0. The van der Waals surface area contributed by atoms with Crippen molar-refractivity contribution in [3.8, 4) is 5.75 Å². The van der Waals surface area contributed by atoms with Gasteiger partial charge in [-0.3, -0.25) is 0 Å². The van der Waals surface area contributed by atoms with Crippen LogP contribution in [0.3, 0.4) is 0 Å². The minimum Gasteiger partial charge on any atom is -0.508 e. The van der Waals surface area contributed by atoms with Gasteiger partial charge >= 0.3 is 0 Å². The van der Waals surface area contributed by atoms with Crippen LogP contribution >= 0.6 is 11.3 Å². The zero-order chi connectivity index (χ0) is 13.9. The van der Waals surface area contributed by atoms with Gasteiger partial charge in [0.1, 0.15) is 5.75 Å². The number of nitrogens with one attached hydrogen (secondary N) is 1. The standard InChI is InChI=1S/C17H21NOS/c1-2-15(17-7-4-10-20-17)18-16-6-3-5-12-8-9-13(19)11-14(12)16/h4,7-11,15-16,18-19H,2-3,5-6H2,1H3. The fourth-order valence-corrected chi connectivity index (χ4v) is 3.96. The van der Waals surface area contributed by atoms with E-state index in [1.54, 1.807) is 6.07 Å². The van der Waals surface area contributed by atoms with Gasteiger partial charge in [0.25, 0.3) is 0 Å². The van der Waals surface area contributed by atoms with Gasteiger partial charge in [0.2, 0.25) is 0 Å². The van der Waals surface area contributed by atoms with E-state index in [0.717, 1.165) is 19.3 Å². The lowest BCUT2D eigenvalue weighted by Gasteiger charge is -2.30. The molecule has 0 fully saturated rings. The third-order valence-electron chi connectivity index (χ3n) is 4.14. The Balaban J connectivity index is 1.83. The lowest BCUT2D eigenvalue weighted by Crippen LogP contribution is -2.28. The Labute approximate surface area is 124 Å². The minimum atomic E-state index is 0.359. The summed E-state index contributed by atoms with van der Waals surface area (Å²) in [6.07, 6.45) is 4.59. The molecule has 2 aromatic rings. The Morgan fingerprint density at radius 2 is 2.30 bits per heavy atom. The van der Waals surface area contributed by atoms with Crippen molar-refractivity contribution in [1.29, 1.82) is 0 Å². The summed E-state index contributed by atoms with van der Waals surface area (Å²) in [5.74, 6) is 0.377. The molecule has 3 rings (SSSR count). The first-order valence-electron chi connectivity index (χ1n) is 7.39. The number of phenols is 1. The molecule has 0 bridgehead atoms. The van der Waals surface area contributed by atoms with Crippen molar-refractivity contribution in [3.05, 3.63) is 51.7 Å². The Bertz CT molecular complexity index is 564. The molecule has 1 aromatic heterocycles. The normalized spacial score (nSPS) is 19.6. The molecule has 0 spiro atoms. The van der Waals surface area contributed by atoms with E-state index in [9.17, 15) is 5.11 Å². The first-order valence-corrected chi connectivity index (χ1v) is 8.27. The molecule has 2 unspecified atom stereocenters. The van der Waals surface area contributed by atoms with E-state index in [4.69, 9.17) is 0 Å². The molecule has 1 heterocycles. The summed E-state index contributed by atoms with van der Waals surface area (Å²) >= 11 is 1.82. The molecule has 0 saturated carbocycles. The van der Waals surface area contributed by atoms with Gasteiger partial charge in [0, 0.05) is 17.0 Å². The lowest BCUT2D eigenvalue weighted by molar-refractivity contribution is 0.393. The highest BCUT2D eigenvalue weighted by molar-refractivity contribution is 7.10. The van der Waals surface area contributed by atoms with Crippen LogP contribution in [0.2, 0.25) is 0 Å². The van der Waals surface area contributed by atoms with Crippen LogP contribution in [0.4, 0.5) is 0 Å². The van der Waals surface area contributed by atoms with Gasteiger partial charge in [-0.25, -0.2) is 0 Å². The molecule has 20 heavy (non-hydrogen) atoms. The fraction of sp³-hybridized carbons (Fsp3) is 0.412. The van der Waals surface area contributed by atoms with Crippen molar-refractivity contribution in [2.45, 2.75) is 44.7 Å². The first-order chi connectivity index (χ1) is 9.78. The molecule has 2 N–H and O–H groups in total. The van der Waals surface area contributed by atoms with Crippen molar-refractivity contribution in [1.82, 2.24) is 5.32 Å². The van der Waals surface area contributed by atoms with Gasteiger partial charge in [-0.2, -0.15) is 0 Å². The monoisotopic (exact) mass is 287 g/mol. The second kappa shape index (κ2) is 5.98. The number of thiophene rings is 1. The van der Waals surface area contributed by atoms with Gasteiger partial charge in [-0.15, -0.1) is 11.3 Å². The maximum absolute atomic E-state index is 9.76. The van der Waals surface area contributed by atoms with Crippen molar-refractivity contribution in [2.24, 2.45) is 0 Å². The van der Waals surface area contributed by atoms with Crippen LogP contribution in [0.5, 0.6) is 5.75 Å². The van der Waals surface area contributed by atoms with Crippen LogP contribution in [-0.4, -0.2) is 5.11 Å². The summed E-state index contributed by atoms with van der Waals surface area (Å²) in [6.45, 7) is 2.23. The van der Waals surface area contributed by atoms with Crippen molar-refractivity contribution < 1.29 is 5.11 Å². The van der Waals surface area contributed by atoms with E-state index >= 15 is 0 Å². The Hall–Kier alpha value is -1.32. The van der Waals surface area contributed by atoms with E-state index < -0.39 is 0 Å². The number of rotatable bonds is 4. The third-order valence-corrected chi connectivity index (χ3v) is 5.13. The van der Waals surface area contributed by atoms with E-state index in [1.807, 2.05) is 17.4 Å². The molecule has 1 aliphatic rings. The molecular formula is C17H21NOS. The summed E-state index contributed by atoms with van der Waals surface area (Å²) in [4.78, 5) is 1.40. The van der Waals surface area contributed by atoms with Crippen LogP contribution in [-0.2, 0) is 6.42 Å². The summed E-state index contributed by atoms with van der Waals surface area (Å²) in [5, 5.41) is 15.7. The molecular weight excluding hydrogens is 266 g/mol. The highest BCUT2D eigenvalue weighted by atomic mass is 32.1. The van der Waals surface area contributed by atoms with E-state index in [-0.39, 0.29) is 0 Å². The third kappa shape index (κ3) is 2.74. The zero-order valence-electron chi connectivity index (χ0n) is 11.8. The highest BCUT2D eigenvalue weighted by Crippen LogP contribution is 2.35. The maximum atomic E-state index is 9.76. The van der Waals surface area contributed by atoms with Crippen LogP contribution in [0.1, 0.15) is 54.3 Å². The summed E-state index contributed by atoms with van der Waals surface area (Å²) in [5.41, 5.74) is 2.67. The number of aromatic hydroxyl groups is 1. The van der Waals surface area contributed by atoms with E-state index in [2.05, 4.69) is 35.8 Å². The molecule has 2 nitrogen and oxygen atoms in total. The Kier molecular flexibility index (Phi) is 4.08. The number of phenolic OH excluding ortho intramolecular Hbond substituents is 1. The molecule has 1 aromatic carbocycles. The van der Waals surface area contributed by atoms with Crippen LogP contribution in [0.25, 0.3) is 0 Å². The van der Waals surface area contributed by atoms with Crippen LogP contribution < -0.4 is 5.32 Å². The molecule has 2 atom stereocenters. The van der Waals surface area contributed by atoms with Crippen molar-refractivity contribution >= 4 is 11.3 Å². The zero-order valence-corrected chi connectivity index (χ0v) is 12.6. The molecule has 0 aliphatic heterocycles. The SMILES string of the molecule is CCC(NC1CCCc2ccc(O)cc21)c1cccs1. The predicted molar refractivity (Wildman–Crippen MR) is 84.3 cm³/mol. The van der Waals surface area contributed by atoms with Crippen LogP contribution in [0.15, 0.2) is 35.7 Å². The average Bonchev–Trinajstić information content (AvgIpc) is 2.99. The van der Waals surface area contributed by atoms with Crippen molar-refractivity contribution in [2.75, 3.05) is 0 Å². The first kappa shape index (κ1) is 13.7. The number of aryl methyl sites for hydroxylation is 1. The number of benzene rings is 1. The molecule has 3 heteroatoms. The predicted octanol–water partition coefficient (Wildman–Crippen LogP) is 4.57. The quantitative estimate of drug-likeness (QED) is 0.863. The number of hydrogen-bond donors (Lipinski definition) is 2. The molecule has 0 amide bonds. The number of hydrogen-bond acceptors (Lipinski definition) is 3. The summed E-state index contributed by atoms with van der Waals surface area (Å²) in [6, 6.07) is 10.9. The van der Waals surface area contributed by atoms with Crippen LogP contribution in [0, 0.1) is 0 Å². The van der Waals surface area contributed by atoms with Gasteiger partial charge < -0.3 is 10.4 Å². The fourth-order valence-electron chi connectivity index (χ4n) is 3.09.